The molecule has 0 aliphatic heterocycles. The van der Waals surface area contributed by atoms with Crippen molar-refractivity contribution in [2.24, 2.45) is 0 Å². The van der Waals surface area contributed by atoms with E-state index in [1.165, 1.54) is 4.90 Å². The molecule has 9 heteroatoms. The molecule has 2 aromatic heterocycles. The van der Waals surface area contributed by atoms with Gasteiger partial charge in [-0.25, -0.2) is 4.68 Å². The number of nitrogens with zero attached hydrogens (tertiary/aromatic N) is 4. The van der Waals surface area contributed by atoms with Crippen molar-refractivity contribution >= 4 is 21.8 Å². The molecule has 2 aromatic rings. The van der Waals surface area contributed by atoms with Gasteiger partial charge in [-0.3, -0.25) is 4.79 Å². The Balaban J connectivity index is 1.96. The number of amides is 1. The minimum Gasteiger partial charge on any atom is -0.452 e. The first-order valence-electron chi connectivity index (χ1n) is 7.66. The van der Waals surface area contributed by atoms with E-state index < -0.39 is 6.29 Å². The summed E-state index contributed by atoms with van der Waals surface area (Å²) in [5.41, 5.74) is 0.259. The van der Waals surface area contributed by atoms with Gasteiger partial charge in [-0.2, -0.15) is 0 Å². The SMILES string of the molecule is CCOC(Cn1cc(C(=O)N(C)Cc2ccc(Br)o2)nn1)OCC. The Kier molecular flexibility index (Phi) is 6.95. The third-order valence-corrected chi connectivity index (χ3v) is 3.59. The smallest absolute Gasteiger partial charge is 0.276 e. The van der Waals surface area contributed by atoms with Crippen LogP contribution in [-0.4, -0.2) is 52.4 Å². The Hall–Kier alpha value is -1.71. The van der Waals surface area contributed by atoms with Crippen LogP contribution in [0.2, 0.25) is 0 Å². The summed E-state index contributed by atoms with van der Waals surface area (Å²) in [6.45, 7) is 5.57. The van der Waals surface area contributed by atoms with Gasteiger partial charge in [-0.15, -0.1) is 5.10 Å². The van der Waals surface area contributed by atoms with Crippen LogP contribution in [-0.2, 0) is 22.6 Å². The van der Waals surface area contributed by atoms with E-state index in [0.29, 0.717) is 36.7 Å². The highest BCUT2D eigenvalue weighted by Crippen LogP contribution is 2.16. The minimum atomic E-state index is -0.414. The average molecular weight is 401 g/mol. The van der Waals surface area contributed by atoms with E-state index in [9.17, 15) is 4.79 Å². The lowest BCUT2D eigenvalue weighted by Gasteiger charge is -2.16. The molecule has 2 rings (SSSR count). The fourth-order valence-corrected chi connectivity index (χ4v) is 2.44. The maximum absolute atomic E-state index is 12.4. The van der Waals surface area contributed by atoms with Gasteiger partial charge in [0.05, 0.1) is 19.3 Å². The molecule has 0 radical (unpaired) electrons. The van der Waals surface area contributed by atoms with E-state index in [1.807, 2.05) is 13.8 Å². The molecule has 2 heterocycles. The van der Waals surface area contributed by atoms with E-state index >= 15 is 0 Å². The van der Waals surface area contributed by atoms with Gasteiger partial charge in [0.25, 0.3) is 5.91 Å². The van der Waals surface area contributed by atoms with Gasteiger partial charge in [0.15, 0.2) is 16.7 Å². The summed E-state index contributed by atoms with van der Waals surface area (Å²) in [6, 6.07) is 3.59. The second-order valence-corrected chi connectivity index (χ2v) is 5.81. The van der Waals surface area contributed by atoms with Crippen molar-refractivity contribution in [3.05, 3.63) is 34.5 Å². The van der Waals surface area contributed by atoms with Gasteiger partial charge in [0, 0.05) is 20.3 Å². The molecular weight excluding hydrogens is 380 g/mol. The van der Waals surface area contributed by atoms with Crippen molar-refractivity contribution < 1.29 is 18.7 Å². The number of carbonyl (C=O) groups is 1. The first-order valence-corrected chi connectivity index (χ1v) is 8.45. The molecule has 0 aliphatic carbocycles. The van der Waals surface area contributed by atoms with Crippen LogP contribution in [0.15, 0.2) is 27.4 Å². The first-order chi connectivity index (χ1) is 11.5. The molecule has 0 saturated heterocycles. The number of aromatic nitrogens is 3. The highest BCUT2D eigenvalue weighted by atomic mass is 79.9. The number of carbonyl (C=O) groups excluding carboxylic acids is 1. The standard InChI is InChI=1S/C15H21BrN4O4/c1-4-22-14(23-5-2)10-20-9-12(17-18-20)15(21)19(3)8-11-6-7-13(16)24-11/h6-7,9,14H,4-5,8,10H2,1-3H3. The van der Waals surface area contributed by atoms with Crippen molar-refractivity contribution in [1.29, 1.82) is 0 Å². The zero-order valence-corrected chi connectivity index (χ0v) is 15.5. The number of furan rings is 1. The predicted octanol–water partition coefficient (Wildman–Crippen LogP) is 2.30. The lowest BCUT2D eigenvalue weighted by atomic mass is 10.3. The minimum absolute atomic E-state index is 0.238. The molecule has 0 bridgehead atoms. The maximum Gasteiger partial charge on any atom is 0.276 e. The summed E-state index contributed by atoms with van der Waals surface area (Å²) in [4.78, 5) is 13.9. The van der Waals surface area contributed by atoms with E-state index in [0.717, 1.165) is 0 Å². The Morgan fingerprint density at radius 1 is 1.38 bits per heavy atom. The molecule has 8 nitrogen and oxygen atoms in total. The third kappa shape index (κ3) is 5.15. The second-order valence-electron chi connectivity index (χ2n) is 5.03. The van der Waals surface area contributed by atoms with Gasteiger partial charge in [0.2, 0.25) is 0 Å². The third-order valence-electron chi connectivity index (χ3n) is 3.17. The molecule has 0 N–H and O–H groups in total. The predicted molar refractivity (Wildman–Crippen MR) is 89.3 cm³/mol. The molecule has 0 aliphatic rings. The zero-order valence-electron chi connectivity index (χ0n) is 13.9. The topological polar surface area (TPSA) is 82.6 Å². The lowest BCUT2D eigenvalue weighted by Crippen LogP contribution is -2.26. The van der Waals surface area contributed by atoms with E-state index in [-0.39, 0.29) is 11.6 Å². The summed E-state index contributed by atoms with van der Waals surface area (Å²) in [5, 5.41) is 7.89. The zero-order chi connectivity index (χ0) is 17.5. The number of rotatable bonds is 9. The van der Waals surface area contributed by atoms with Gasteiger partial charge < -0.3 is 18.8 Å². The highest BCUT2D eigenvalue weighted by molar-refractivity contribution is 9.10. The average Bonchev–Trinajstić information content (AvgIpc) is 3.16. The van der Waals surface area contributed by atoms with Crippen molar-refractivity contribution in [3.63, 3.8) is 0 Å². The Labute approximate surface area is 148 Å². The van der Waals surface area contributed by atoms with Gasteiger partial charge in [-0.1, -0.05) is 5.21 Å². The molecule has 132 valence electrons. The van der Waals surface area contributed by atoms with Crippen molar-refractivity contribution in [1.82, 2.24) is 19.9 Å². The largest absolute Gasteiger partial charge is 0.452 e. The molecule has 1 amide bonds. The molecule has 24 heavy (non-hydrogen) atoms. The van der Waals surface area contributed by atoms with Crippen LogP contribution in [0.1, 0.15) is 30.1 Å². The maximum atomic E-state index is 12.4. The summed E-state index contributed by atoms with van der Waals surface area (Å²) < 4.78 is 18.5. The molecule has 0 aromatic carbocycles. The Morgan fingerprint density at radius 3 is 2.67 bits per heavy atom. The summed E-state index contributed by atoms with van der Waals surface area (Å²) >= 11 is 3.24. The van der Waals surface area contributed by atoms with Crippen LogP contribution in [0.5, 0.6) is 0 Å². The molecule has 0 unspecified atom stereocenters. The second kappa shape index (κ2) is 8.95. The number of halogens is 1. The molecule has 0 fully saturated rings. The molecular formula is C15H21BrN4O4. The summed E-state index contributed by atoms with van der Waals surface area (Å²) in [6.07, 6.45) is 1.17. The van der Waals surface area contributed by atoms with Crippen LogP contribution in [0.4, 0.5) is 0 Å². The van der Waals surface area contributed by atoms with Crippen molar-refractivity contribution in [2.75, 3.05) is 20.3 Å². The van der Waals surface area contributed by atoms with Crippen LogP contribution in [0.25, 0.3) is 0 Å². The van der Waals surface area contributed by atoms with Gasteiger partial charge in [0.1, 0.15) is 5.76 Å². The Bertz CT molecular complexity index is 651. The van der Waals surface area contributed by atoms with Crippen LogP contribution in [0, 0.1) is 0 Å². The van der Waals surface area contributed by atoms with Crippen molar-refractivity contribution in [2.45, 2.75) is 33.2 Å². The lowest BCUT2D eigenvalue weighted by molar-refractivity contribution is -0.145. The Morgan fingerprint density at radius 2 is 2.08 bits per heavy atom. The molecule has 0 spiro atoms. The van der Waals surface area contributed by atoms with Gasteiger partial charge >= 0.3 is 0 Å². The fraction of sp³-hybridized carbons (Fsp3) is 0.533. The van der Waals surface area contributed by atoms with E-state index in [4.69, 9.17) is 13.9 Å². The highest BCUT2D eigenvalue weighted by Gasteiger charge is 2.18. The quantitative estimate of drug-likeness (QED) is 0.600. The van der Waals surface area contributed by atoms with E-state index in [1.54, 1.807) is 30.1 Å². The number of ether oxygens (including phenoxy) is 2. The van der Waals surface area contributed by atoms with Crippen LogP contribution in [0.3, 0.4) is 0 Å². The summed E-state index contributed by atoms with van der Waals surface area (Å²) in [7, 11) is 1.68. The van der Waals surface area contributed by atoms with Crippen LogP contribution >= 0.6 is 15.9 Å². The molecule has 0 atom stereocenters. The number of hydrogen-bond acceptors (Lipinski definition) is 6. The van der Waals surface area contributed by atoms with Crippen LogP contribution < -0.4 is 0 Å². The summed E-state index contributed by atoms with van der Waals surface area (Å²) in [5.74, 6) is 0.441. The van der Waals surface area contributed by atoms with Crippen molar-refractivity contribution in [3.8, 4) is 0 Å². The van der Waals surface area contributed by atoms with Gasteiger partial charge in [-0.05, 0) is 41.9 Å². The first kappa shape index (κ1) is 18.6. The van der Waals surface area contributed by atoms with E-state index in [2.05, 4.69) is 26.2 Å². The number of hydrogen-bond donors (Lipinski definition) is 0. The normalized spacial score (nSPS) is 11.2. The molecule has 0 saturated carbocycles. The fourth-order valence-electron chi connectivity index (χ4n) is 2.10. The monoisotopic (exact) mass is 400 g/mol.